The highest BCUT2D eigenvalue weighted by molar-refractivity contribution is 4.85. The van der Waals surface area contributed by atoms with Gasteiger partial charge in [0.05, 0.1) is 0 Å². The van der Waals surface area contributed by atoms with Crippen molar-refractivity contribution in [2.45, 2.75) is 44.6 Å². The molecule has 0 bridgehead atoms. The molecular weight excluding hydrogens is 260 g/mol. The summed E-state index contributed by atoms with van der Waals surface area (Å²) in [6, 6.07) is 0.638. The lowest BCUT2D eigenvalue weighted by Gasteiger charge is -2.42. The first-order valence-electron chi connectivity index (χ1n) is 9.02. The molecule has 1 heterocycles. The average molecular weight is 297 g/mol. The molecule has 2 N–H and O–H groups in total. The third-order valence-electron chi connectivity index (χ3n) is 5.42. The summed E-state index contributed by atoms with van der Waals surface area (Å²) in [5.74, 6) is 0.853. The fourth-order valence-corrected chi connectivity index (χ4v) is 4.00. The van der Waals surface area contributed by atoms with E-state index in [1.54, 1.807) is 0 Å². The molecule has 4 heteroatoms. The maximum atomic E-state index is 6.16. The Kier molecular flexibility index (Phi) is 7.44. The van der Waals surface area contributed by atoms with E-state index in [9.17, 15) is 0 Å². The summed E-state index contributed by atoms with van der Waals surface area (Å²) in [7, 11) is 4.32. The van der Waals surface area contributed by atoms with E-state index in [0.29, 0.717) is 6.04 Å². The molecular formula is C17H36N4. The summed E-state index contributed by atoms with van der Waals surface area (Å²) in [5.41, 5.74) is 6.16. The normalized spacial score (nSPS) is 25.1. The third kappa shape index (κ3) is 5.51. The van der Waals surface area contributed by atoms with Gasteiger partial charge in [-0.2, -0.15) is 0 Å². The van der Waals surface area contributed by atoms with Crippen LogP contribution in [-0.4, -0.2) is 80.7 Å². The zero-order chi connectivity index (χ0) is 15.1. The molecule has 1 saturated heterocycles. The second-order valence-corrected chi connectivity index (χ2v) is 7.24. The summed E-state index contributed by atoms with van der Waals surface area (Å²) < 4.78 is 0. The molecule has 0 aromatic heterocycles. The topological polar surface area (TPSA) is 35.7 Å². The minimum absolute atomic E-state index is 0.638. The van der Waals surface area contributed by atoms with Gasteiger partial charge >= 0.3 is 0 Å². The second kappa shape index (κ2) is 9.09. The molecule has 0 amide bonds. The Labute approximate surface area is 131 Å². The SMILES string of the molecule is CN(C)CCN1CCN(C(CN)C2CCCCCC2)CC1. The Morgan fingerprint density at radius 2 is 1.62 bits per heavy atom. The lowest BCUT2D eigenvalue weighted by molar-refractivity contribution is 0.0656. The van der Waals surface area contributed by atoms with Crippen molar-refractivity contribution in [3.63, 3.8) is 0 Å². The van der Waals surface area contributed by atoms with Crippen molar-refractivity contribution >= 4 is 0 Å². The minimum Gasteiger partial charge on any atom is -0.329 e. The van der Waals surface area contributed by atoms with Crippen molar-refractivity contribution in [2.24, 2.45) is 11.7 Å². The van der Waals surface area contributed by atoms with Crippen LogP contribution in [0.15, 0.2) is 0 Å². The maximum Gasteiger partial charge on any atom is 0.0247 e. The first kappa shape index (κ1) is 17.2. The molecule has 2 fully saturated rings. The Morgan fingerprint density at radius 3 is 2.14 bits per heavy atom. The van der Waals surface area contributed by atoms with E-state index in [1.807, 2.05) is 0 Å². The Morgan fingerprint density at radius 1 is 1.00 bits per heavy atom. The molecule has 2 aliphatic rings. The van der Waals surface area contributed by atoms with Crippen LogP contribution in [-0.2, 0) is 0 Å². The molecule has 1 aliphatic carbocycles. The summed E-state index contributed by atoms with van der Waals surface area (Å²) in [6.07, 6.45) is 8.53. The van der Waals surface area contributed by atoms with Crippen molar-refractivity contribution in [1.29, 1.82) is 0 Å². The molecule has 0 aromatic carbocycles. The molecule has 21 heavy (non-hydrogen) atoms. The van der Waals surface area contributed by atoms with E-state index in [4.69, 9.17) is 5.73 Å². The largest absolute Gasteiger partial charge is 0.329 e. The summed E-state index contributed by atoms with van der Waals surface area (Å²) in [4.78, 5) is 7.58. The van der Waals surface area contributed by atoms with Gasteiger partial charge in [-0.15, -0.1) is 0 Å². The zero-order valence-electron chi connectivity index (χ0n) is 14.3. The Balaban J connectivity index is 1.78. The van der Waals surface area contributed by atoms with Gasteiger partial charge in [-0.1, -0.05) is 25.7 Å². The molecule has 124 valence electrons. The van der Waals surface area contributed by atoms with Gasteiger partial charge in [-0.3, -0.25) is 9.80 Å². The monoisotopic (exact) mass is 296 g/mol. The second-order valence-electron chi connectivity index (χ2n) is 7.24. The highest BCUT2D eigenvalue weighted by Gasteiger charge is 2.29. The number of hydrogen-bond acceptors (Lipinski definition) is 4. The predicted molar refractivity (Wildman–Crippen MR) is 90.6 cm³/mol. The predicted octanol–water partition coefficient (Wildman–Crippen LogP) is 1.46. The van der Waals surface area contributed by atoms with Crippen LogP contribution in [0, 0.1) is 5.92 Å². The summed E-state index contributed by atoms with van der Waals surface area (Å²) >= 11 is 0. The highest BCUT2D eigenvalue weighted by Crippen LogP contribution is 2.28. The Bertz CT molecular complexity index is 266. The van der Waals surface area contributed by atoms with Gasteiger partial charge in [0.1, 0.15) is 0 Å². The minimum atomic E-state index is 0.638. The molecule has 1 atom stereocenters. The number of rotatable bonds is 6. The molecule has 1 aliphatic heterocycles. The lowest BCUT2D eigenvalue weighted by Crippen LogP contribution is -2.55. The van der Waals surface area contributed by atoms with Crippen LogP contribution in [0.1, 0.15) is 38.5 Å². The fourth-order valence-electron chi connectivity index (χ4n) is 4.00. The first-order chi connectivity index (χ1) is 10.2. The highest BCUT2D eigenvalue weighted by atomic mass is 15.3. The van der Waals surface area contributed by atoms with Crippen LogP contribution in [0.3, 0.4) is 0 Å². The number of nitrogens with two attached hydrogens (primary N) is 1. The number of nitrogens with zero attached hydrogens (tertiary/aromatic N) is 3. The quantitative estimate of drug-likeness (QED) is 0.753. The van der Waals surface area contributed by atoms with Crippen LogP contribution < -0.4 is 5.73 Å². The molecule has 0 spiro atoms. The van der Waals surface area contributed by atoms with E-state index in [0.717, 1.165) is 12.5 Å². The fraction of sp³-hybridized carbons (Fsp3) is 1.00. The van der Waals surface area contributed by atoms with Gasteiger partial charge in [-0.05, 0) is 32.9 Å². The molecule has 1 saturated carbocycles. The van der Waals surface area contributed by atoms with Crippen LogP contribution in [0.25, 0.3) is 0 Å². The van der Waals surface area contributed by atoms with Gasteiger partial charge in [0, 0.05) is 51.9 Å². The van der Waals surface area contributed by atoms with Crippen LogP contribution in [0.2, 0.25) is 0 Å². The molecule has 0 radical (unpaired) electrons. The van der Waals surface area contributed by atoms with Crippen molar-refractivity contribution in [3.05, 3.63) is 0 Å². The number of piperazine rings is 1. The average Bonchev–Trinajstić information content (AvgIpc) is 2.76. The van der Waals surface area contributed by atoms with Crippen molar-refractivity contribution in [1.82, 2.24) is 14.7 Å². The van der Waals surface area contributed by atoms with E-state index in [-0.39, 0.29) is 0 Å². The lowest BCUT2D eigenvalue weighted by atomic mass is 9.90. The van der Waals surface area contributed by atoms with Gasteiger partial charge in [0.2, 0.25) is 0 Å². The van der Waals surface area contributed by atoms with Crippen LogP contribution in [0.4, 0.5) is 0 Å². The van der Waals surface area contributed by atoms with Gasteiger partial charge in [-0.25, -0.2) is 0 Å². The van der Waals surface area contributed by atoms with E-state index < -0.39 is 0 Å². The smallest absolute Gasteiger partial charge is 0.0247 e. The molecule has 4 nitrogen and oxygen atoms in total. The van der Waals surface area contributed by atoms with E-state index >= 15 is 0 Å². The zero-order valence-corrected chi connectivity index (χ0v) is 14.3. The van der Waals surface area contributed by atoms with Gasteiger partial charge in [0.15, 0.2) is 0 Å². The van der Waals surface area contributed by atoms with Gasteiger partial charge < -0.3 is 10.6 Å². The molecule has 2 rings (SSSR count). The van der Waals surface area contributed by atoms with Gasteiger partial charge in [0.25, 0.3) is 0 Å². The number of hydrogen-bond donors (Lipinski definition) is 1. The van der Waals surface area contributed by atoms with Crippen molar-refractivity contribution in [3.8, 4) is 0 Å². The van der Waals surface area contributed by atoms with Crippen molar-refractivity contribution in [2.75, 3.05) is 59.9 Å². The molecule has 1 unspecified atom stereocenters. The first-order valence-corrected chi connectivity index (χ1v) is 9.02. The maximum absolute atomic E-state index is 6.16. The summed E-state index contributed by atoms with van der Waals surface area (Å²) in [5, 5.41) is 0. The molecule has 0 aromatic rings. The van der Waals surface area contributed by atoms with Crippen LogP contribution >= 0.6 is 0 Å². The van der Waals surface area contributed by atoms with Crippen LogP contribution in [0.5, 0.6) is 0 Å². The summed E-state index contributed by atoms with van der Waals surface area (Å²) in [6.45, 7) is 8.09. The van der Waals surface area contributed by atoms with Crippen molar-refractivity contribution < 1.29 is 0 Å². The standard InChI is InChI=1S/C17H36N4/c1-19(2)9-10-20-11-13-21(14-12-20)17(15-18)16-7-5-3-4-6-8-16/h16-17H,3-15,18H2,1-2H3. The number of likely N-dealkylation sites (N-methyl/N-ethyl adjacent to an activating group) is 1. The third-order valence-corrected chi connectivity index (χ3v) is 5.42. The van der Waals surface area contributed by atoms with E-state index in [1.165, 1.54) is 77.8 Å². The van der Waals surface area contributed by atoms with E-state index in [2.05, 4.69) is 28.8 Å². The Hall–Kier alpha value is -0.160.